The highest BCUT2D eigenvalue weighted by molar-refractivity contribution is 5.79. The van der Waals surface area contributed by atoms with Crippen molar-refractivity contribution in [3.05, 3.63) is 34.4 Å². The number of piperidine rings is 2. The number of aliphatic hydroxyl groups excluding tert-OH is 1. The lowest BCUT2D eigenvalue weighted by molar-refractivity contribution is -0.384. The van der Waals surface area contributed by atoms with E-state index >= 15 is 0 Å². The van der Waals surface area contributed by atoms with Crippen molar-refractivity contribution in [3.8, 4) is 5.75 Å². The number of amides is 1. The van der Waals surface area contributed by atoms with Crippen molar-refractivity contribution in [1.82, 2.24) is 9.80 Å². The molecule has 3 rings (SSSR count). The lowest BCUT2D eigenvalue weighted by Crippen LogP contribution is -2.46. The average molecular weight is 391 g/mol. The molecule has 8 heteroatoms. The van der Waals surface area contributed by atoms with Gasteiger partial charge in [-0.2, -0.15) is 0 Å². The standard InChI is InChI=1S/C20H29N3O5/c24-18(15-28-19-6-4-5-17(13-19)23(26)27)14-21-11-7-16(8-12-21)20(25)22-9-2-1-3-10-22/h4-6,13,16,18,24H,1-3,7-12,14-15H2. The van der Waals surface area contributed by atoms with E-state index in [1.54, 1.807) is 12.1 Å². The van der Waals surface area contributed by atoms with Crippen LogP contribution in [-0.4, -0.2) is 71.2 Å². The maximum absolute atomic E-state index is 12.6. The maximum atomic E-state index is 12.6. The normalized spacial score (nSPS) is 20.0. The van der Waals surface area contributed by atoms with Crippen LogP contribution in [0.15, 0.2) is 24.3 Å². The Kier molecular flexibility index (Phi) is 7.22. The molecule has 0 saturated carbocycles. The number of nitro benzene ring substituents is 1. The number of nitro groups is 1. The first kappa shape index (κ1) is 20.5. The topological polar surface area (TPSA) is 96.2 Å². The van der Waals surface area contributed by atoms with Gasteiger partial charge in [-0.15, -0.1) is 0 Å². The Labute approximate surface area is 165 Å². The molecular formula is C20H29N3O5. The van der Waals surface area contributed by atoms with Gasteiger partial charge in [0.1, 0.15) is 18.5 Å². The first-order valence-corrected chi connectivity index (χ1v) is 10.1. The summed E-state index contributed by atoms with van der Waals surface area (Å²) in [6.45, 7) is 3.92. The predicted octanol–water partition coefficient (Wildman–Crippen LogP) is 2.06. The van der Waals surface area contributed by atoms with Crippen molar-refractivity contribution in [2.45, 2.75) is 38.2 Å². The van der Waals surface area contributed by atoms with E-state index in [9.17, 15) is 20.0 Å². The number of carbonyl (C=O) groups excluding carboxylic acids is 1. The SMILES string of the molecule is O=C(C1CCN(CC(O)COc2cccc([N+](=O)[O-])c2)CC1)N1CCCCC1. The second-order valence-corrected chi connectivity index (χ2v) is 7.68. The number of benzene rings is 1. The zero-order valence-electron chi connectivity index (χ0n) is 16.2. The monoisotopic (exact) mass is 391 g/mol. The number of ether oxygens (including phenoxy) is 1. The molecule has 2 saturated heterocycles. The smallest absolute Gasteiger partial charge is 0.273 e. The molecule has 2 aliphatic rings. The van der Waals surface area contributed by atoms with Crippen molar-refractivity contribution in [1.29, 1.82) is 0 Å². The summed E-state index contributed by atoms with van der Waals surface area (Å²) < 4.78 is 5.50. The molecule has 1 atom stereocenters. The molecule has 2 heterocycles. The van der Waals surface area contributed by atoms with E-state index in [-0.39, 0.29) is 18.2 Å². The highest BCUT2D eigenvalue weighted by Crippen LogP contribution is 2.22. The van der Waals surface area contributed by atoms with Crippen LogP contribution < -0.4 is 4.74 Å². The molecule has 2 fully saturated rings. The van der Waals surface area contributed by atoms with Gasteiger partial charge in [-0.05, 0) is 51.3 Å². The van der Waals surface area contributed by atoms with Crippen LogP contribution in [0.4, 0.5) is 5.69 Å². The van der Waals surface area contributed by atoms with Crippen molar-refractivity contribution in [2.75, 3.05) is 39.3 Å². The van der Waals surface area contributed by atoms with Crippen LogP contribution in [0.3, 0.4) is 0 Å². The molecule has 154 valence electrons. The summed E-state index contributed by atoms with van der Waals surface area (Å²) in [6, 6.07) is 5.95. The van der Waals surface area contributed by atoms with E-state index in [1.807, 2.05) is 4.90 Å². The van der Waals surface area contributed by atoms with E-state index in [2.05, 4.69) is 4.90 Å². The fraction of sp³-hybridized carbons (Fsp3) is 0.650. The number of nitrogens with zero attached hydrogens (tertiary/aromatic N) is 3. The van der Waals surface area contributed by atoms with Gasteiger partial charge in [0.25, 0.3) is 5.69 Å². The lowest BCUT2D eigenvalue weighted by Gasteiger charge is -2.36. The van der Waals surface area contributed by atoms with Crippen molar-refractivity contribution < 1.29 is 19.6 Å². The average Bonchev–Trinajstić information content (AvgIpc) is 2.73. The van der Waals surface area contributed by atoms with Crippen LogP contribution in [0.5, 0.6) is 5.75 Å². The molecule has 1 unspecified atom stereocenters. The lowest BCUT2D eigenvalue weighted by atomic mass is 9.94. The molecule has 2 aliphatic heterocycles. The molecule has 1 aromatic carbocycles. The van der Waals surface area contributed by atoms with Crippen molar-refractivity contribution in [2.24, 2.45) is 5.92 Å². The minimum Gasteiger partial charge on any atom is -0.491 e. The van der Waals surface area contributed by atoms with Crippen LogP contribution >= 0.6 is 0 Å². The molecule has 1 N–H and O–H groups in total. The molecule has 1 amide bonds. The maximum Gasteiger partial charge on any atom is 0.273 e. The Morgan fingerprint density at radius 3 is 2.61 bits per heavy atom. The van der Waals surface area contributed by atoms with Gasteiger partial charge in [0, 0.05) is 31.6 Å². The minimum atomic E-state index is -0.686. The Hall–Kier alpha value is -2.19. The molecule has 0 bridgehead atoms. The number of non-ortho nitro benzene ring substituents is 1. The summed E-state index contributed by atoms with van der Waals surface area (Å²) >= 11 is 0. The van der Waals surface area contributed by atoms with Crippen LogP contribution in [0.2, 0.25) is 0 Å². The molecule has 8 nitrogen and oxygen atoms in total. The fourth-order valence-corrected chi connectivity index (χ4v) is 3.97. The molecule has 0 aliphatic carbocycles. The highest BCUT2D eigenvalue weighted by Gasteiger charge is 2.29. The van der Waals surface area contributed by atoms with Gasteiger partial charge in [-0.3, -0.25) is 14.9 Å². The third kappa shape index (κ3) is 5.65. The first-order valence-electron chi connectivity index (χ1n) is 10.1. The number of likely N-dealkylation sites (tertiary alicyclic amines) is 2. The van der Waals surface area contributed by atoms with Gasteiger partial charge in [-0.1, -0.05) is 6.07 Å². The van der Waals surface area contributed by atoms with E-state index < -0.39 is 11.0 Å². The van der Waals surface area contributed by atoms with E-state index in [4.69, 9.17) is 4.74 Å². The molecule has 28 heavy (non-hydrogen) atoms. The Morgan fingerprint density at radius 2 is 1.93 bits per heavy atom. The molecule has 0 radical (unpaired) electrons. The summed E-state index contributed by atoms with van der Waals surface area (Å²) in [5, 5.41) is 21.0. The van der Waals surface area contributed by atoms with Gasteiger partial charge in [0.15, 0.2) is 0 Å². The quantitative estimate of drug-likeness (QED) is 0.565. The van der Waals surface area contributed by atoms with Crippen LogP contribution in [0.1, 0.15) is 32.1 Å². The number of hydrogen-bond donors (Lipinski definition) is 1. The zero-order valence-corrected chi connectivity index (χ0v) is 16.2. The van der Waals surface area contributed by atoms with Crippen LogP contribution in [0.25, 0.3) is 0 Å². The zero-order chi connectivity index (χ0) is 19.9. The van der Waals surface area contributed by atoms with E-state index in [1.165, 1.54) is 18.6 Å². The van der Waals surface area contributed by atoms with Gasteiger partial charge < -0.3 is 19.6 Å². The number of β-amino-alcohol motifs (C(OH)–C–C–N with tert-alkyl or cyclic N) is 1. The first-order chi connectivity index (χ1) is 13.5. The summed E-state index contributed by atoms with van der Waals surface area (Å²) in [5.41, 5.74) is -0.0348. The second-order valence-electron chi connectivity index (χ2n) is 7.68. The molecular weight excluding hydrogens is 362 g/mol. The van der Waals surface area contributed by atoms with Crippen LogP contribution in [0, 0.1) is 16.0 Å². The second kappa shape index (κ2) is 9.84. The minimum absolute atomic E-state index is 0.0348. The predicted molar refractivity (Wildman–Crippen MR) is 104 cm³/mol. The Morgan fingerprint density at radius 1 is 1.21 bits per heavy atom. The molecule has 0 spiro atoms. The van der Waals surface area contributed by atoms with Crippen molar-refractivity contribution in [3.63, 3.8) is 0 Å². The number of aliphatic hydroxyl groups is 1. The third-order valence-corrected chi connectivity index (χ3v) is 5.54. The summed E-state index contributed by atoms with van der Waals surface area (Å²) in [5.74, 6) is 0.778. The van der Waals surface area contributed by atoms with Gasteiger partial charge in [-0.25, -0.2) is 0 Å². The van der Waals surface area contributed by atoms with Gasteiger partial charge >= 0.3 is 0 Å². The van der Waals surface area contributed by atoms with Crippen LogP contribution in [-0.2, 0) is 4.79 Å². The van der Waals surface area contributed by atoms with Gasteiger partial charge in [0.2, 0.25) is 5.91 Å². The van der Waals surface area contributed by atoms with Gasteiger partial charge in [0.05, 0.1) is 11.0 Å². The fourth-order valence-electron chi connectivity index (χ4n) is 3.97. The summed E-state index contributed by atoms with van der Waals surface area (Å²) in [7, 11) is 0. The molecule has 0 aromatic heterocycles. The summed E-state index contributed by atoms with van der Waals surface area (Å²) in [6.07, 6.45) is 4.41. The summed E-state index contributed by atoms with van der Waals surface area (Å²) in [4.78, 5) is 27.1. The van der Waals surface area contributed by atoms with E-state index in [0.29, 0.717) is 18.2 Å². The third-order valence-electron chi connectivity index (χ3n) is 5.54. The largest absolute Gasteiger partial charge is 0.491 e. The Bertz CT molecular complexity index is 670. The number of rotatable bonds is 7. The number of hydrogen-bond acceptors (Lipinski definition) is 6. The van der Waals surface area contributed by atoms with E-state index in [0.717, 1.165) is 51.9 Å². The number of carbonyl (C=O) groups is 1. The Balaban J connectivity index is 1.38. The van der Waals surface area contributed by atoms with Crippen molar-refractivity contribution >= 4 is 11.6 Å². The molecule has 1 aromatic rings. The highest BCUT2D eigenvalue weighted by atomic mass is 16.6.